The van der Waals surface area contributed by atoms with Crippen LogP contribution in [0.5, 0.6) is 11.5 Å². The molecule has 4 rings (SSSR count). The number of piperidine rings is 1. The van der Waals surface area contributed by atoms with E-state index in [0.29, 0.717) is 36.3 Å². The smallest absolute Gasteiger partial charge is 0.241 e. The third-order valence-electron chi connectivity index (χ3n) is 6.39. The Morgan fingerprint density at radius 3 is 2.56 bits per heavy atom. The number of carbonyl (C=O) groups excluding carboxylic acids is 1. The predicted octanol–water partition coefficient (Wildman–Crippen LogP) is 3.93. The van der Waals surface area contributed by atoms with E-state index in [1.165, 1.54) is 0 Å². The molecule has 0 bridgehead atoms. The summed E-state index contributed by atoms with van der Waals surface area (Å²) in [6.07, 6.45) is 1.63. The fraction of sp³-hybridized carbons (Fsp3) is 0.423. The van der Waals surface area contributed by atoms with Gasteiger partial charge in [-0.1, -0.05) is 35.5 Å². The van der Waals surface area contributed by atoms with Gasteiger partial charge in [0, 0.05) is 25.1 Å². The van der Waals surface area contributed by atoms with Gasteiger partial charge in [-0.2, -0.15) is 4.98 Å². The highest BCUT2D eigenvalue weighted by Gasteiger charge is 2.28. The Balaban J connectivity index is 1.29. The number of amides is 1. The summed E-state index contributed by atoms with van der Waals surface area (Å²) >= 11 is 0. The second kappa shape index (κ2) is 10.7. The Hall–Kier alpha value is -3.39. The van der Waals surface area contributed by atoms with Gasteiger partial charge in [0.15, 0.2) is 11.5 Å². The van der Waals surface area contributed by atoms with Gasteiger partial charge in [0.25, 0.3) is 0 Å². The van der Waals surface area contributed by atoms with Crippen molar-refractivity contribution in [2.45, 2.75) is 32.9 Å². The Kier molecular flexibility index (Phi) is 7.47. The zero-order valence-corrected chi connectivity index (χ0v) is 20.3. The quantitative estimate of drug-likeness (QED) is 0.500. The van der Waals surface area contributed by atoms with Crippen molar-refractivity contribution in [1.82, 2.24) is 19.9 Å². The van der Waals surface area contributed by atoms with Gasteiger partial charge in [0.2, 0.25) is 17.6 Å². The van der Waals surface area contributed by atoms with Gasteiger partial charge in [-0.15, -0.1) is 0 Å². The summed E-state index contributed by atoms with van der Waals surface area (Å²) in [6, 6.07) is 13.8. The molecule has 1 fully saturated rings. The van der Waals surface area contributed by atoms with Crippen LogP contribution in [0.1, 0.15) is 29.9 Å². The Morgan fingerprint density at radius 1 is 1.12 bits per heavy atom. The van der Waals surface area contributed by atoms with Crippen molar-refractivity contribution >= 4 is 5.91 Å². The van der Waals surface area contributed by atoms with Crippen LogP contribution < -0.4 is 9.47 Å². The molecule has 1 aliphatic heterocycles. The van der Waals surface area contributed by atoms with Gasteiger partial charge in [-0.3, -0.25) is 9.69 Å². The van der Waals surface area contributed by atoms with Crippen LogP contribution in [-0.4, -0.2) is 60.2 Å². The number of nitrogens with zero attached hydrogens (tertiary/aromatic N) is 4. The summed E-state index contributed by atoms with van der Waals surface area (Å²) in [6.45, 7) is 4.81. The molecule has 8 nitrogen and oxygen atoms in total. The average molecular weight is 465 g/mol. The molecular formula is C26H32N4O4. The van der Waals surface area contributed by atoms with Crippen molar-refractivity contribution in [2.75, 3.05) is 34.4 Å². The summed E-state index contributed by atoms with van der Waals surface area (Å²) in [5.74, 6) is 2.77. The first-order valence-corrected chi connectivity index (χ1v) is 11.5. The minimum absolute atomic E-state index is 0.0200. The number of hydrogen-bond acceptors (Lipinski definition) is 7. The molecule has 0 aliphatic carbocycles. The van der Waals surface area contributed by atoms with Crippen molar-refractivity contribution in [3.8, 4) is 22.9 Å². The Bertz CT molecular complexity index is 1120. The van der Waals surface area contributed by atoms with E-state index in [1.54, 1.807) is 19.1 Å². The lowest BCUT2D eigenvalue weighted by atomic mass is 9.95. The number of methoxy groups -OCH3 is 2. The standard InChI is InChI=1S/C26H32N4O4/c1-18-7-5-6-8-21(18)25-27-24(34-28-25)17-30-13-11-20(12-14-30)26(31)29(2)16-19-9-10-22(32-3)23(15-19)33-4/h5-10,15,20H,11-14,16-17H2,1-4H3. The van der Waals surface area contributed by atoms with Crippen LogP contribution in [0.25, 0.3) is 11.4 Å². The van der Waals surface area contributed by atoms with Gasteiger partial charge >= 0.3 is 0 Å². The SMILES string of the molecule is COc1ccc(CN(C)C(=O)C2CCN(Cc3nc(-c4ccccc4C)no3)CC2)cc1OC. The van der Waals surface area contributed by atoms with Gasteiger partial charge in [-0.25, -0.2) is 0 Å². The molecule has 0 N–H and O–H groups in total. The molecule has 1 saturated heterocycles. The first-order chi connectivity index (χ1) is 16.5. The van der Waals surface area contributed by atoms with Crippen molar-refractivity contribution in [2.24, 2.45) is 5.92 Å². The molecule has 0 unspecified atom stereocenters. The summed E-state index contributed by atoms with van der Waals surface area (Å²) in [5.41, 5.74) is 3.11. The molecule has 34 heavy (non-hydrogen) atoms. The fourth-order valence-corrected chi connectivity index (χ4v) is 4.42. The zero-order valence-electron chi connectivity index (χ0n) is 20.3. The maximum absolute atomic E-state index is 13.0. The van der Waals surface area contributed by atoms with Gasteiger partial charge in [0.1, 0.15) is 0 Å². The molecule has 1 aromatic heterocycles. The molecule has 0 saturated carbocycles. The number of rotatable bonds is 8. The largest absolute Gasteiger partial charge is 0.493 e. The lowest BCUT2D eigenvalue weighted by Crippen LogP contribution is -2.40. The molecule has 3 aromatic rings. The zero-order chi connectivity index (χ0) is 24.1. The number of likely N-dealkylation sites (tertiary alicyclic amines) is 1. The van der Waals surface area contributed by atoms with E-state index in [1.807, 2.05) is 56.4 Å². The van der Waals surface area contributed by atoms with Crippen molar-refractivity contribution in [1.29, 1.82) is 0 Å². The molecule has 180 valence electrons. The number of hydrogen-bond donors (Lipinski definition) is 0. The molecule has 1 aliphatic rings. The van der Waals surface area contributed by atoms with Crippen molar-refractivity contribution in [3.05, 3.63) is 59.5 Å². The van der Waals surface area contributed by atoms with Crippen molar-refractivity contribution in [3.63, 3.8) is 0 Å². The summed E-state index contributed by atoms with van der Waals surface area (Å²) < 4.78 is 16.2. The molecule has 1 amide bonds. The highest BCUT2D eigenvalue weighted by Crippen LogP contribution is 2.29. The third kappa shape index (κ3) is 5.39. The number of benzene rings is 2. The van der Waals surface area contributed by atoms with E-state index in [2.05, 4.69) is 15.0 Å². The Morgan fingerprint density at radius 2 is 1.85 bits per heavy atom. The van der Waals surface area contributed by atoms with E-state index < -0.39 is 0 Å². The van der Waals surface area contributed by atoms with E-state index in [4.69, 9.17) is 14.0 Å². The van der Waals surface area contributed by atoms with E-state index in [-0.39, 0.29) is 11.8 Å². The molecule has 0 spiro atoms. The van der Waals surface area contributed by atoms with Crippen LogP contribution in [0.3, 0.4) is 0 Å². The topological polar surface area (TPSA) is 80.9 Å². The minimum Gasteiger partial charge on any atom is -0.493 e. The molecule has 0 atom stereocenters. The second-order valence-corrected chi connectivity index (χ2v) is 8.76. The number of ether oxygens (including phenoxy) is 2. The molecule has 8 heteroatoms. The normalized spacial score (nSPS) is 14.7. The van der Waals surface area contributed by atoms with Crippen LogP contribution in [0, 0.1) is 12.8 Å². The predicted molar refractivity (Wildman–Crippen MR) is 128 cm³/mol. The van der Waals surface area contributed by atoms with Crippen LogP contribution in [-0.2, 0) is 17.9 Å². The average Bonchev–Trinajstić information content (AvgIpc) is 3.32. The van der Waals surface area contributed by atoms with Crippen LogP contribution in [0.15, 0.2) is 47.0 Å². The third-order valence-corrected chi connectivity index (χ3v) is 6.39. The van der Waals surface area contributed by atoms with E-state index in [9.17, 15) is 4.79 Å². The van der Waals surface area contributed by atoms with Gasteiger partial charge in [0.05, 0.1) is 20.8 Å². The monoisotopic (exact) mass is 464 g/mol. The highest BCUT2D eigenvalue weighted by atomic mass is 16.5. The first kappa shape index (κ1) is 23.8. The maximum Gasteiger partial charge on any atom is 0.241 e. The number of carbonyl (C=O) groups is 1. The number of aromatic nitrogens is 2. The van der Waals surface area contributed by atoms with Crippen LogP contribution >= 0.6 is 0 Å². The lowest BCUT2D eigenvalue weighted by molar-refractivity contribution is -0.136. The van der Waals surface area contributed by atoms with E-state index in [0.717, 1.165) is 42.6 Å². The van der Waals surface area contributed by atoms with Crippen LogP contribution in [0.2, 0.25) is 0 Å². The summed E-state index contributed by atoms with van der Waals surface area (Å²) in [4.78, 5) is 21.7. The summed E-state index contributed by atoms with van der Waals surface area (Å²) in [5, 5.41) is 4.15. The van der Waals surface area contributed by atoms with E-state index >= 15 is 0 Å². The van der Waals surface area contributed by atoms with Crippen molar-refractivity contribution < 1.29 is 18.8 Å². The molecular weight excluding hydrogens is 432 g/mol. The fourth-order valence-electron chi connectivity index (χ4n) is 4.42. The number of aryl methyl sites for hydroxylation is 1. The highest BCUT2D eigenvalue weighted by molar-refractivity contribution is 5.78. The lowest BCUT2D eigenvalue weighted by Gasteiger charge is -2.32. The molecule has 2 aromatic carbocycles. The Labute approximate surface area is 200 Å². The van der Waals surface area contributed by atoms with Gasteiger partial charge in [-0.05, 0) is 56.1 Å². The van der Waals surface area contributed by atoms with Crippen LogP contribution in [0.4, 0.5) is 0 Å². The first-order valence-electron chi connectivity index (χ1n) is 11.5. The maximum atomic E-state index is 13.0. The second-order valence-electron chi connectivity index (χ2n) is 8.76. The minimum atomic E-state index is 0.0200. The summed E-state index contributed by atoms with van der Waals surface area (Å²) in [7, 11) is 5.08. The molecule has 2 heterocycles. The molecule has 0 radical (unpaired) electrons. The van der Waals surface area contributed by atoms with Gasteiger partial charge < -0.3 is 18.9 Å².